The Labute approximate surface area is 213 Å². The van der Waals surface area contributed by atoms with E-state index >= 15 is 0 Å². The zero-order valence-corrected chi connectivity index (χ0v) is 21.0. The van der Waals surface area contributed by atoms with Crippen LogP contribution in [0, 0.1) is 0 Å². The van der Waals surface area contributed by atoms with Crippen LogP contribution in [0.15, 0.2) is 76.7 Å². The lowest BCUT2D eigenvalue weighted by molar-refractivity contribution is 0.122. The van der Waals surface area contributed by atoms with Gasteiger partial charge in [0, 0.05) is 29.6 Å². The molecular weight excluding hydrogens is 482 g/mol. The number of aromatic nitrogens is 2. The van der Waals surface area contributed by atoms with Crippen molar-refractivity contribution in [3.8, 4) is 5.75 Å². The van der Waals surface area contributed by atoms with Crippen molar-refractivity contribution in [2.45, 2.75) is 17.5 Å². The molecule has 0 radical (unpaired) electrons. The van der Waals surface area contributed by atoms with Gasteiger partial charge in [0.2, 0.25) is 0 Å². The smallest absolute Gasteiger partial charge is 0.262 e. The Morgan fingerprint density at radius 2 is 1.83 bits per heavy atom. The second-order valence-corrected chi connectivity index (χ2v) is 9.66. The predicted molar refractivity (Wildman–Crippen MR) is 142 cm³/mol. The van der Waals surface area contributed by atoms with E-state index in [0.717, 1.165) is 35.7 Å². The van der Waals surface area contributed by atoms with Gasteiger partial charge in [0.1, 0.15) is 5.75 Å². The molecule has 0 bridgehead atoms. The number of hydrogen-bond donors (Lipinski definition) is 0. The maximum absolute atomic E-state index is 13.8. The van der Waals surface area contributed by atoms with Crippen LogP contribution in [0.25, 0.3) is 10.9 Å². The van der Waals surface area contributed by atoms with Gasteiger partial charge in [-0.05, 0) is 47.5 Å². The number of thioether (sulfide) groups is 1. The van der Waals surface area contributed by atoms with E-state index in [2.05, 4.69) is 4.90 Å². The molecule has 0 N–H and O–H groups in total. The summed E-state index contributed by atoms with van der Waals surface area (Å²) < 4.78 is 12.5. The fourth-order valence-corrected chi connectivity index (χ4v) is 5.41. The molecule has 1 fully saturated rings. The van der Waals surface area contributed by atoms with E-state index in [9.17, 15) is 4.79 Å². The van der Waals surface area contributed by atoms with Gasteiger partial charge >= 0.3 is 0 Å². The van der Waals surface area contributed by atoms with E-state index in [-0.39, 0.29) is 5.56 Å². The molecule has 8 heteroatoms. The molecular formula is C27H26ClN3O3S. The van der Waals surface area contributed by atoms with Crippen LogP contribution in [0.1, 0.15) is 11.1 Å². The van der Waals surface area contributed by atoms with E-state index in [1.165, 1.54) is 11.8 Å². The molecule has 6 nitrogen and oxygen atoms in total. The van der Waals surface area contributed by atoms with Crippen molar-refractivity contribution < 1.29 is 9.47 Å². The Kier molecular flexibility index (Phi) is 7.27. The number of rotatable bonds is 7. The molecule has 0 amide bonds. The number of fused-ring (bicyclic) bond motifs is 1. The van der Waals surface area contributed by atoms with E-state index in [1.54, 1.807) is 11.7 Å². The zero-order valence-electron chi connectivity index (χ0n) is 19.4. The first kappa shape index (κ1) is 23.7. The number of methoxy groups -OCH3 is 1. The monoisotopic (exact) mass is 507 g/mol. The Bertz CT molecular complexity index is 1390. The molecule has 35 heavy (non-hydrogen) atoms. The van der Waals surface area contributed by atoms with Gasteiger partial charge in [0.05, 0.1) is 37.8 Å². The van der Waals surface area contributed by atoms with Crippen LogP contribution < -0.4 is 15.2 Å². The Morgan fingerprint density at radius 1 is 1.06 bits per heavy atom. The molecule has 4 aromatic rings. The van der Waals surface area contributed by atoms with Crippen molar-refractivity contribution in [1.82, 2.24) is 9.55 Å². The molecule has 0 aliphatic carbocycles. The van der Waals surface area contributed by atoms with Crippen LogP contribution in [0.3, 0.4) is 0 Å². The third-order valence-corrected chi connectivity index (χ3v) is 7.49. The molecule has 0 saturated carbocycles. The topological polar surface area (TPSA) is 56.6 Å². The summed E-state index contributed by atoms with van der Waals surface area (Å²) in [7, 11) is 1.64. The molecule has 0 unspecified atom stereocenters. The predicted octanol–water partition coefficient (Wildman–Crippen LogP) is 5.24. The van der Waals surface area contributed by atoms with Gasteiger partial charge in [-0.2, -0.15) is 0 Å². The van der Waals surface area contributed by atoms with Crippen molar-refractivity contribution in [1.29, 1.82) is 0 Å². The van der Waals surface area contributed by atoms with Crippen LogP contribution in [0.4, 0.5) is 5.69 Å². The number of anilines is 1. The van der Waals surface area contributed by atoms with Gasteiger partial charge in [0.25, 0.3) is 5.56 Å². The molecule has 1 aromatic heterocycles. The van der Waals surface area contributed by atoms with E-state index in [1.807, 2.05) is 66.7 Å². The molecule has 0 spiro atoms. The van der Waals surface area contributed by atoms with E-state index in [4.69, 9.17) is 26.1 Å². The van der Waals surface area contributed by atoms with Gasteiger partial charge in [-0.25, -0.2) is 4.98 Å². The van der Waals surface area contributed by atoms with E-state index < -0.39 is 0 Å². The number of nitrogens with zero attached hydrogens (tertiary/aromatic N) is 3. The second kappa shape index (κ2) is 10.7. The standard InChI is InChI=1S/C27H26ClN3O3S/c1-33-22-9-6-19(7-10-22)17-31-26(32)23-16-21(30-12-14-34-15-13-30)8-11-25(23)29-27(31)35-18-20-4-2-3-5-24(20)28/h2-11,16H,12-15,17-18H2,1H3. The van der Waals surface area contributed by atoms with Crippen molar-refractivity contribution >= 4 is 40.0 Å². The summed E-state index contributed by atoms with van der Waals surface area (Å²) >= 11 is 7.90. The van der Waals surface area contributed by atoms with E-state index in [0.29, 0.717) is 46.6 Å². The summed E-state index contributed by atoms with van der Waals surface area (Å²) in [6, 6.07) is 21.5. The van der Waals surface area contributed by atoms with Crippen LogP contribution in [-0.4, -0.2) is 43.0 Å². The molecule has 1 saturated heterocycles. The summed E-state index contributed by atoms with van der Waals surface area (Å²) in [5.41, 5.74) is 3.67. The summed E-state index contributed by atoms with van der Waals surface area (Å²) in [6.07, 6.45) is 0. The lowest BCUT2D eigenvalue weighted by Gasteiger charge is -2.29. The lowest BCUT2D eigenvalue weighted by Crippen LogP contribution is -2.36. The van der Waals surface area contributed by atoms with Crippen LogP contribution >= 0.6 is 23.4 Å². The van der Waals surface area contributed by atoms with Gasteiger partial charge in [-0.15, -0.1) is 0 Å². The summed E-state index contributed by atoms with van der Waals surface area (Å²) in [4.78, 5) is 21.0. The number of benzene rings is 3. The highest BCUT2D eigenvalue weighted by atomic mass is 35.5. The average molecular weight is 508 g/mol. The first-order chi connectivity index (χ1) is 17.1. The maximum Gasteiger partial charge on any atom is 0.262 e. The third kappa shape index (κ3) is 5.32. The maximum atomic E-state index is 13.8. The minimum atomic E-state index is -0.0532. The molecule has 180 valence electrons. The minimum absolute atomic E-state index is 0.0532. The van der Waals surface area contributed by atoms with Gasteiger partial charge < -0.3 is 14.4 Å². The zero-order chi connectivity index (χ0) is 24.2. The molecule has 2 heterocycles. The number of morpholine rings is 1. The number of halogens is 1. The number of hydrogen-bond acceptors (Lipinski definition) is 6. The quantitative estimate of drug-likeness (QED) is 0.252. The van der Waals surface area contributed by atoms with Crippen molar-refractivity contribution in [3.05, 3.63) is 93.2 Å². The van der Waals surface area contributed by atoms with Gasteiger partial charge in [-0.3, -0.25) is 9.36 Å². The lowest BCUT2D eigenvalue weighted by atomic mass is 10.2. The normalized spacial score (nSPS) is 13.8. The van der Waals surface area contributed by atoms with Crippen molar-refractivity contribution in [2.75, 3.05) is 38.3 Å². The first-order valence-corrected chi connectivity index (χ1v) is 12.8. The van der Waals surface area contributed by atoms with Crippen LogP contribution in [-0.2, 0) is 17.0 Å². The van der Waals surface area contributed by atoms with Crippen molar-refractivity contribution in [2.24, 2.45) is 0 Å². The number of ether oxygens (including phenoxy) is 2. The second-order valence-electron chi connectivity index (χ2n) is 8.31. The highest BCUT2D eigenvalue weighted by Gasteiger charge is 2.17. The SMILES string of the molecule is COc1ccc(Cn2c(SCc3ccccc3Cl)nc3ccc(N4CCOCC4)cc3c2=O)cc1. The summed E-state index contributed by atoms with van der Waals surface area (Å²) in [6.45, 7) is 3.42. The molecule has 3 aromatic carbocycles. The molecule has 1 aliphatic heterocycles. The fourth-order valence-electron chi connectivity index (χ4n) is 4.13. The van der Waals surface area contributed by atoms with Crippen molar-refractivity contribution in [3.63, 3.8) is 0 Å². The Morgan fingerprint density at radius 3 is 2.57 bits per heavy atom. The Balaban J connectivity index is 1.54. The summed E-state index contributed by atoms with van der Waals surface area (Å²) in [5, 5.41) is 1.99. The summed E-state index contributed by atoms with van der Waals surface area (Å²) in [5.74, 6) is 1.40. The Hall–Kier alpha value is -3.00. The highest BCUT2D eigenvalue weighted by Crippen LogP contribution is 2.28. The van der Waals surface area contributed by atoms with Gasteiger partial charge in [0.15, 0.2) is 5.16 Å². The molecule has 5 rings (SSSR count). The van der Waals surface area contributed by atoms with Crippen LogP contribution in [0.2, 0.25) is 5.02 Å². The molecule has 1 aliphatic rings. The van der Waals surface area contributed by atoms with Crippen LogP contribution in [0.5, 0.6) is 5.75 Å². The third-order valence-electron chi connectivity index (χ3n) is 6.09. The first-order valence-electron chi connectivity index (χ1n) is 11.5. The minimum Gasteiger partial charge on any atom is -0.497 e. The van der Waals surface area contributed by atoms with Gasteiger partial charge in [-0.1, -0.05) is 53.7 Å². The fraction of sp³-hybridized carbons (Fsp3) is 0.259. The largest absolute Gasteiger partial charge is 0.497 e. The molecule has 0 atom stereocenters. The highest BCUT2D eigenvalue weighted by molar-refractivity contribution is 7.98. The average Bonchev–Trinajstić information content (AvgIpc) is 2.91.